The molecule has 0 saturated carbocycles. The van der Waals surface area contributed by atoms with Gasteiger partial charge < -0.3 is 5.11 Å². The monoisotopic (exact) mass is 404 g/mol. The average Bonchev–Trinajstić information content (AvgIpc) is 2.62. The number of aliphatic hydroxyl groups is 1. The maximum atomic E-state index is 13.0. The second kappa shape index (κ2) is 7.93. The van der Waals surface area contributed by atoms with Gasteiger partial charge in [-0.15, -0.1) is 0 Å². The quantitative estimate of drug-likeness (QED) is 0.622. The van der Waals surface area contributed by atoms with Crippen molar-refractivity contribution in [2.75, 3.05) is 5.75 Å². The summed E-state index contributed by atoms with van der Waals surface area (Å²) in [5.74, 6) is 0.0275. The molecule has 0 aliphatic heterocycles. The molecule has 0 saturated heterocycles. The lowest BCUT2D eigenvalue weighted by molar-refractivity contribution is 0.106. The molecular weight excluding hydrogens is 387 g/mol. The third-order valence-corrected chi connectivity index (χ3v) is 6.20. The Bertz CT molecular complexity index is 876. The maximum absolute atomic E-state index is 13.0. The van der Waals surface area contributed by atoms with Gasteiger partial charge >= 0.3 is 0 Å². The molecule has 5 heteroatoms. The zero-order valence-electron chi connectivity index (χ0n) is 14.2. The molecule has 0 spiro atoms. The Morgan fingerprint density at radius 2 is 1.38 bits per heavy atom. The Labute approximate surface area is 165 Å². The zero-order valence-corrected chi connectivity index (χ0v) is 16.5. The van der Waals surface area contributed by atoms with E-state index in [1.54, 1.807) is 48.5 Å². The van der Waals surface area contributed by atoms with Crippen LogP contribution < -0.4 is 0 Å². The second-order valence-corrected chi connectivity index (χ2v) is 8.50. The maximum Gasteiger partial charge on any atom is 0.126 e. The van der Waals surface area contributed by atoms with E-state index in [1.807, 2.05) is 31.2 Å². The van der Waals surface area contributed by atoms with Crippen molar-refractivity contribution in [2.24, 2.45) is 0 Å². The summed E-state index contributed by atoms with van der Waals surface area (Å²) in [6.07, 6.45) is 0. The summed E-state index contributed by atoms with van der Waals surface area (Å²) in [7, 11) is -1.39. The van der Waals surface area contributed by atoms with Crippen molar-refractivity contribution in [1.29, 1.82) is 0 Å². The summed E-state index contributed by atoms with van der Waals surface area (Å²) in [6.45, 7) is 1.95. The number of hydrogen-bond acceptors (Lipinski definition) is 2. The fraction of sp³-hybridized carbons (Fsp3) is 0.143. The van der Waals surface area contributed by atoms with Gasteiger partial charge in [-0.3, -0.25) is 4.21 Å². The van der Waals surface area contributed by atoms with E-state index in [9.17, 15) is 9.32 Å². The van der Waals surface area contributed by atoms with Crippen molar-refractivity contribution in [3.63, 3.8) is 0 Å². The molecule has 3 aromatic carbocycles. The molecule has 0 amide bonds. The summed E-state index contributed by atoms with van der Waals surface area (Å²) in [5, 5.41) is 12.7. The zero-order chi connectivity index (χ0) is 18.7. The number of halogens is 2. The van der Waals surface area contributed by atoms with Gasteiger partial charge in [-0.05, 0) is 60.0 Å². The Morgan fingerprint density at radius 3 is 1.85 bits per heavy atom. The first-order chi connectivity index (χ1) is 12.4. The fourth-order valence-corrected chi connectivity index (χ4v) is 4.49. The molecule has 1 atom stereocenters. The van der Waals surface area contributed by atoms with Gasteiger partial charge in [-0.1, -0.05) is 59.6 Å². The third kappa shape index (κ3) is 4.18. The van der Waals surface area contributed by atoms with Gasteiger partial charge in [0.25, 0.3) is 0 Å². The van der Waals surface area contributed by atoms with Gasteiger partial charge in [-0.25, -0.2) is 0 Å². The highest BCUT2D eigenvalue weighted by atomic mass is 35.5. The van der Waals surface area contributed by atoms with Gasteiger partial charge in [0, 0.05) is 14.9 Å². The minimum absolute atomic E-state index is 0.0275. The van der Waals surface area contributed by atoms with Gasteiger partial charge in [0.2, 0.25) is 0 Å². The van der Waals surface area contributed by atoms with Crippen LogP contribution in [-0.4, -0.2) is 15.1 Å². The molecule has 0 unspecified atom stereocenters. The Morgan fingerprint density at radius 1 is 0.885 bits per heavy atom. The fourth-order valence-electron chi connectivity index (χ4n) is 2.81. The predicted molar refractivity (Wildman–Crippen MR) is 108 cm³/mol. The molecule has 3 rings (SSSR count). The van der Waals surface area contributed by atoms with Crippen LogP contribution in [0.4, 0.5) is 0 Å². The van der Waals surface area contributed by atoms with E-state index in [0.29, 0.717) is 26.1 Å². The molecule has 0 heterocycles. The van der Waals surface area contributed by atoms with E-state index in [4.69, 9.17) is 23.2 Å². The van der Waals surface area contributed by atoms with Crippen LogP contribution in [0, 0.1) is 6.92 Å². The van der Waals surface area contributed by atoms with Crippen molar-refractivity contribution >= 4 is 34.0 Å². The van der Waals surface area contributed by atoms with Crippen LogP contribution in [0.5, 0.6) is 0 Å². The molecule has 134 valence electrons. The molecule has 0 radical (unpaired) electrons. The molecular formula is C21H18Cl2O2S. The first-order valence-corrected chi connectivity index (χ1v) is 10.2. The van der Waals surface area contributed by atoms with E-state index < -0.39 is 16.4 Å². The van der Waals surface area contributed by atoms with Crippen LogP contribution in [0.1, 0.15) is 16.7 Å². The molecule has 1 N–H and O–H groups in total. The normalized spacial score (nSPS) is 12.8. The first-order valence-electron chi connectivity index (χ1n) is 8.08. The molecule has 3 aromatic rings. The predicted octanol–water partition coefficient (Wildman–Crippen LogP) is 5.35. The van der Waals surface area contributed by atoms with Crippen LogP contribution >= 0.6 is 23.2 Å². The highest BCUT2D eigenvalue weighted by Crippen LogP contribution is 2.33. The lowest BCUT2D eigenvalue weighted by Gasteiger charge is -2.29. The SMILES string of the molecule is Cc1cccc([S@](=O)CC(O)(c2ccc(Cl)cc2)c2ccc(Cl)cc2)c1. The summed E-state index contributed by atoms with van der Waals surface area (Å²) in [6, 6.07) is 21.4. The number of benzene rings is 3. The minimum atomic E-state index is -1.43. The topological polar surface area (TPSA) is 37.3 Å². The van der Waals surface area contributed by atoms with Crippen molar-refractivity contribution in [1.82, 2.24) is 0 Å². The van der Waals surface area contributed by atoms with Crippen molar-refractivity contribution in [3.05, 3.63) is 99.5 Å². The highest BCUT2D eigenvalue weighted by molar-refractivity contribution is 7.85. The van der Waals surface area contributed by atoms with Gasteiger partial charge in [0.15, 0.2) is 0 Å². The molecule has 0 fully saturated rings. The third-order valence-electron chi connectivity index (χ3n) is 4.24. The van der Waals surface area contributed by atoms with Gasteiger partial charge in [0.1, 0.15) is 5.60 Å². The van der Waals surface area contributed by atoms with Crippen LogP contribution in [0.25, 0.3) is 0 Å². The van der Waals surface area contributed by atoms with Crippen LogP contribution in [0.3, 0.4) is 0 Å². The highest BCUT2D eigenvalue weighted by Gasteiger charge is 2.34. The Kier molecular flexibility index (Phi) is 5.83. The van der Waals surface area contributed by atoms with Crippen molar-refractivity contribution in [2.45, 2.75) is 17.4 Å². The van der Waals surface area contributed by atoms with E-state index in [-0.39, 0.29) is 5.75 Å². The summed E-state index contributed by atoms with van der Waals surface area (Å²) >= 11 is 12.0. The summed E-state index contributed by atoms with van der Waals surface area (Å²) in [5.41, 5.74) is 0.858. The Hall–Kier alpha value is -1.65. The number of rotatable bonds is 5. The number of aryl methyl sites for hydroxylation is 1. The van der Waals surface area contributed by atoms with E-state index in [2.05, 4.69) is 0 Å². The number of hydrogen-bond donors (Lipinski definition) is 1. The molecule has 0 aliphatic carbocycles. The molecule has 2 nitrogen and oxygen atoms in total. The van der Waals surface area contributed by atoms with E-state index in [1.165, 1.54) is 0 Å². The van der Waals surface area contributed by atoms with Gasteiger partial charge in [-0.2, -0.15) is 0 Å². The first kappa shape index (κ1) is 19.1. The molecule has 0 aliphatic rings. The second-order valence-electron chi connectivity index (χ2n) is 6.18. The lowest BCUT2D eigenvalue weighted by Crippen LogP contribution is -2.34. The summed E-state index contributed by atoms with van der Waals surface area (Å²) in [4.78, 5) is 0.686. The Balaban J connectivity index is 2.04. The van der Waals surface area contributed by atoms with Crippen LogP contribution in [0.2, 0.25) is 10.0 Å². The van der Waals surface area contributed by atoms with Crippen LogP contribution in [-0.2, 0) is 16.4 Å². The lowest BCUT2D eigenvalue weighted by atomic mass is 9.88. The average molecular weight is 405 g/mol. The van der Waals surface area contributed by atoms with Crippen molar-refractivity contribution in [3.8, 4) is 0 Å². The smallest absolute Gasteiger partial charge is 0.126 e. The van der Waals surface area contributed by atoms with Gasteiger partial charge in [0.05, 0.1) is 16.6 Å². The van der Waals surface area contributed by atoms with E-state index in [0.717, 1.165) is 5.56 Å². The minimum Gasteiger partial charge on any atom is -0.379 e. The standard InChI is InChI=1S/C21H18Cl2O2S/c1-15-3-2-4-20(13-15)26(25)14-21(24,16-5-9-18(22)10-6-16)17-7-11-19(23)12-8-17/h2-13,24H,14H2,1H3/t26-/m1/s1. The summed E-state index contributed by atoms with van der Waals surface area (Å²) < 4.78 is 13.0. The van der Waals surface area contributed by atoms with E-state index >= 15 is 0 Å². The molecule has 0 bridgehead atoms. The van der Waals surface area contributed by atoms with Crippen LogP contribution in [0.15, 0.2) is 77.7 Å². The van der Waals surface area contributed by atoms with Crippen molar-refractivity contribution < 1.29 is 9.32 Å². The molecule has 26 heavy (non-hydrogen) atoms. The molecule has 0 aromatic heterocycles. The largest absolute Gasteiger partial charge is 0.379 e.